The van der Waals surface area contributed by atoms with Crippen molar-refractivity contribution in [3.8, 4) is 11.5 Å². The van der Waals surface area contributed by atoms with E-state index in [1.807, 2.05) is 6.92 Å². The van der Waals surface area contributed by atoms with E-state index in [4.69, 9.17) is 25.8 Å². The minimum Gasteiger partial charge on any atom is -0.489 e. The standard InChI is InChI=1S/C25H27ClF3N5O4/c1-3-36-9-10-37-22-13-19-17(12-20(22)34-23(35)5-4-8-30-2)24(32-15-31-19)33-16-6-7-21(18(26)11-16)38-14-25(27,28)29/h4-7,11-13,15,30H,3,8-10,14H2,1-2H3,(H,34,35)(H,31,32,33)/b5-4+. The Hall–Kier alpha value is -3.61. The summed E-state index contributed by atoms with van der Waals surface area (Å²) in [6, 6.07) is 7.59. The SMILES string of the molecule is CCOCCOc1cc2ncnc(Nc3ccc(OCC(F)(F)F)c(Cl)c3)c2cc1NC(=O)/C=C/CNC. The predicted molar refractivity (Wildman–Crippen MR) is 140 cm³/mol. The molecule has 13 heteroatoms. The Morgan fingerprint density at radius 1 is 1.11 bits per heavy atom. The van der Waals surface area contributed by atoms with Crippen LogP contribution in [0.15, 0.2) is 48.8 Å². The van der Waals surface area contributed by atoms with Crippen LogP contribution in [0.5, 0.6) is 11.5 Å². The Labute approximate surface area is 222 Å². The van der Waals surface area contributed by atoms with Gasteiger partial charge < -0.3 is 30.2 Å². The summed E-state index contributed by atoms with van der Waals surface area (Å²) < 4.78 is 53.3. The molecule has 3 N–H and O–H groups in total. The number of hydrogen-bond donors (Lipinski definition) is 3. The number of carbonyl (C=O) groups excluding carboxylic acids is 1. The number of fused-ring (bicyclic) bond motifs is 1. The second-order valence-corrected chi connectivity index (χ2v) is 8.16. The van der Waals surface area contributed by atoms with Gasteiger partial charge in [-0.25, -0.2) is 9.97 Å². The lowest BCUT2D eigenvalue weighted by atomic mass is 10.1. The molecule has 1 amide bonds. The molecule has 0 saturated heterocycles. The van der Waals surface area contributed by atoms with Gasteiger partial charge in [-0.05, 0) is 38.2 Å². The van der Waals surface area contributed by atoms with Crippen LogP contribution in [0.1, 0.15) is 6.92 Å². The van der Waals surface area contributed by atoms with Crippen molar-refractivity contribution in [1.82, 2.24) is 15.3 Å². The van der Waals surface area contributed by atoms with Crippen molar-refractivity contribution >= 4 is 45.6 Å². The maximum absolute atomic E-state index is 12.5. The Morgan fingerprint density at radius 3 is 2.63 bits per heavy atom. The van der Waals surface area contributed by atoms with Crippen LogP contribution in [0.25, 0.3) is 10.9 Å². The number of amides is 1. The Morgan fingerprint density at radius 2 is 1.92 bits per heavy atom. The molecule has 0 aliphatic carbocycles. The fourth-order valence-corrected chi connectivity index (χ4v) is 3.44. The van der Waals surface area contributed by atoms with Gasteiger partial charge in [-0.3, -0.25) is 4.79 Å². The van der Waals surface area contributed by atoms with Crippen LogP contribution < -0.4 is 25.4 Å². The number of carbonyl (C=O) groups is 1. The molecule has 9 nitrogen and oxygen atoms in total. The number of nitrogens with one attached hydrogen (secondary N) is 3. The first kappa shape index (κ1) is 29.0. The zero-order chi connectivity index (χ0) is 27.5. The van der Waals surface area contributed by atoms with Crippen molar-refractivity contribution in [2.45, 2.75) is 13.1 Å². The van der Waals surface area contributed by atoms with Gasteiger partial charge in [0.05, 0.1) is 22.8 Å². The summed E-state index contributed by atoms with van der Waals surface area (Å²) in [6.07, 6.45) is -0.0685. The second-order valence-electron chi connectivity index (χ2n) is 7.76. The minimum absolute atomic E-state index is 0.0103. The largest absolute Gasteiger partial charge is 0.489 e. The molecule has 0 unspecified atom stereocenters. The van der Waals surface area contributed by atoms with Crippen molar-refractivity contribution in [2.24, 2.45) is 0 Å². The summed E-state index contributed by atoms with van der Waals surface area (Å²) in [4.78, 5) is 21.0. The molecule has 3 rings (SSSR count). The maximum atomic E-state index is 12.5. The number of halogens is 4. The molecule has 0 aliphatic rings. The van der Waals surface area contributed by atoms with Gasteiger partial charge in [-0.1, -0.05) is 17.7 Å². The van der Waals surface area contributed by atoms with Gasteiger partial charge in [-0.15, -0.1) is 0 Å². The number of anilines is 3. The van der Waals surface area contributed by atoms with Crippen LogP contribution in [0.4, 0.5) is 30.4 Å². The average Bonchev–Trinajstić information content (AvgIpc) is 2.86. The summed E-state index contributed by atoms with van der Waals surface area (Å²) in [7, 11) is 1.76. The summed E-state index contributed by atoms with van der Waals surface area (Å²) in [5.41, 5.74) is 1.36. The summed E-state index contributed by atoms with van der Waals surface area (Å²) >= 11 is 6.12. The number of aromatic nitrogens is 2. The van der Waals surface area contributed by atoms with E-state index in [0.29, 0.717) is 53.6 Å². The van der Waals surface area contributed by atoms with Crippen LogP contribution in [0, 0.1) is 0 Å². The number of benzene rings is 2. The van der Waals surface area contributed by atoms with Gasteiger partial charge in [0.25, 0.3) is 0 Å². The molecule has 0 spiro atoms. The zero-order valence-corrected chi connectivity index (χ0v) is 21.4. The highest BCUT2D eigenvalue weighted by atomic mass is 35.5. The van der Waals surface area contributed by atoms with Gasteiger partial charge in [0, 0.05) is 36.4 Å². The lowest BCUT2D eigenvalue weighted by Gasteiger charge is -2.15. The van der Waals surface area contributed by atoms with E-state index < -0.39 is 12.8 Å². The van der Waals surface area contributed by atoms with E-state index in [9.17, 15) is 18.0 Å². The first-order chi connectivity index (χ1) is 18.2. The molecule has 0 atom stereocenters. The number of ether oxygens (including phenoxy) is 3. The van der Waals surface area contributed by atoms with Gasteiger partial charge in [0.15, 0.2) is 6.61 Å². The molecular weight excluding hydrogens is 527 g/mol. The molecule has 0 radical (unpaired) electrons. The van der Waals surface area contributed by atoms with E-state index in [0.717, 1.165) is 0 Å². The monoisotopic (exact) mass is 553 g/mol. The molecule has 0 aliphatic heterocycles. The highest BCUT2D eigenvalue weighted by Gasteiger charge is 2.28. The zero-order valence-electron chi connectivity index (χ0n) is 20.7. The van der Waals surface area contributed by atoms with Crippen LogP contribution >= 0.6 is 11.6 Å². The maximum Gasteiger partial charge on any atom is 0.422 e. The minimum atomic E-state index is -4.48. The number of rotatable bonds is 13. The van der Waals surface area contributed by atoms with Gasteiger partial charge >= 0.3 is 6.18 Å². The molecule has 38 heavy (non-hydrogen) atoms. The average molecular weight is 554 g/mol. The molecule has 0 saturated carbocycles. The molecular formula is C25H27ClF3N5O4. The van der Waals surface area contributed by atoms with Crippen LogP contribution in [0.3, 0.4) is 0 Å². The van der Waals surface area contributed by atoms with Crippen LogP contribution in [-0.2, 0) is 9.53 Å². The van der Waals surface area contributed by atoms with E-state index in [1.54, 1.807) is 25.3 Å². The van der Waals surface area contributed by atoms with Crippen LogP contribution in [-0.4, -0.2) is 62.1 Å². The topological polar surface area (TPSA) is 107 Å². The number of likely N-dealkylation sites (N-methyl/N-ethyl adjacent to an activating group) is 1. The molecule has 1 aromatic heterocycles. The summed E-state index contributed by atoms with van der Waals surface area (Å²) in [5.74, 6) is 0.303. The lowest BCUT2D eigenvalue weighted by molar-refractivity contribution is -0.153. The van der Waals surface area contributed by atoms with Gasteiger partial charge in [-0.2, -0.15) is 13.2 Å². The molecule has 3 aromatic rings. The van der Waals surface area contributed by atoms with Crippen molar-refractivity contribution in [1.29, 1.82) is 0 Å². The normalized spacial score (nSPS) is 11.6. The van der Waals surface area contributed by atoms with Crippen LogP contribution in [0.2, 0.25) is 5.02 Å². The van der Waals surface area contributed by atoms with E-state index >= 15 is 0 Å². The predicted octanol–water partition coefficient (Wildman–Crippen LogP) is 5.10. The Kier molecular flexibility index (Phi) is 10.5. The number of hydrogen-bond acceptors (Lipinski definition) is 8. The molecule has 0 bridgehead atoms. The smallest absolute Gasteiger partial charge is 0.422 e. The van der Waals surface area contributed by atoms with E-state index in [-0.39, 0.29) is 23.3 Å². The first-order valence-corrected chi connectivity index (χ1v) is 12.0. The first-order valence-electron chi connectivity index (χ1n) is 11.6. The van der Waals surface area contributed by atoms with E-state index in [1.165, 1.54) is 30.6 Å². The molecule has 0 fully saturated rings. The second kappa shape index (κ2) is 13.8. The number of nitrogens with zero attached hydrogens (tertiary/aromatic N) is 2. The quantitative estimate of drug-likeness (QED) is 0.198. The molecule has 2 aromatic carbocycles. The highest BCUT2D eigenvalue weighted by Crippen LogP contribution is 2.35. The summed E-state index contributed by atoms with van der Waals surface area (Å²) in [5, 5.41) is 9.34. The number of alkyl halides is 3. The molecule has 204 valence electrons. The highest BCUT2D eigenvalue weighted by molar-refractivity contribution is 6.32. The van der Waals surface area contributed by atoms with Crippen molar-refractivity contribution < 1.29 is 32.2 Å². The Balaban J connectivity index is 1.89. The third kappa shape index (κ3) is 8.75. The fourth-order valence-electron chi connectivity index (χ4n) is 3.21. The summed E-state index contributed by atoms with van der Waals surface area (Å²) in [6.45, 7) is 2.11. The van der Waals surface area contributed by atoms with Gasteiger partial charge in [0.2, 0.25) is 5.91 Å². The third-order valence-electron chi connectivity index (χ3n) is 4.86. The fraction of sp³-hybridized carbons (Fsp3) is 0.320. The third-order valence-corrected chi connectivity index (χ3v) is 5.16. The Bertz CT molecular complexity index is 1270. The van der Waals surface area contributed by atoms with E-state index in [2.05, 4.69) is 25.9 Å². The van der Waals surface area contributed by atoms with Crippen molar-refractivity contribution in [2.75, 3.05) is 50.7 Å². The molecule has 1 heterocycles. The lowest BCUT2D eigenvalue weighted by Crippen LogP contribution is -2.19. The van der Waals surface area contributed by atoms with Crippen molar-refractivity contribution in [3.05, 3.63) is 53.8 Å². The van der Waals surface area contributed by atoms with Crippen molar-refractivity contribution in [3.63, 3.8) is 0 Å². The van der Waals surface area contributed by atoms with Gasteiger partial charge in [0.1, 0.15) is 30.3 Å².